The first kappa shape index (κ1) is 13.9. The molecular weight excluding hydrogens is 206 g/mol. The van der Waals surface area contributed by atoms with Gasteiger partial charge in [-0.1, -0.05) is 0 Å². The highest BCUT2D eigenvalue weighted by Gasteiger charge is 2.11. The average molecular weight is 231 g/mol. The Morgan fingerprint density at radius 1 is 1.19 bits per heavy atom. The normalized spacial score (nSPS) is 18.2. The molecule has 1 aliphatic heterocycles. The molecule has 0 aromatic rings. The van der Waals surface area contributed by atoms with Crippen molar-refractivity contribution in [3.05, 3.63) is 0 Å². The minimum absolute atomic E-state index is 0.295. The van der Waals surface area contributed by atoms with Gasteiger partial charge in [-0.2, -0.15) is 0 Å². The van der Waals surface area contributed by atoms with E-state index in [2.05, 4.69) is 5.32 Å². The first-order valence-corrected chi connectivity index (χ1v) is 6.29. The quantitative estimate of drug-likeness (QED) is 0.637. The van der Waals surface area contributed by atoms with Crippen LogP contribution < -0.4 is 5.32 Å². The highest BCUT2D eigenvalue weighted by Crippen LogP contribution is 2.05. The van der Waals surface area contributed by atoms with Gasteiger partial charge in [0.25, 0.3) is 0 Å². The van der Waals surface area contributed by atoms with E-state index < -0.39 is 0 Å². The van der Waals surface area contributed by atoms with Gasteiger partial charge in [-0.15, -0.1) is 0 Å². The van der Waals surface area contributed by atoms with Gasteiger partial charge in [-0.25, -0.2) is 0 Å². The fourth-order valence-electron chi connectivity index (χ4n) is 1.68. The summed E-state index contributed by atoms with van der Waals surface area (Å²) >= 11 is 0. The molecule has 1 rings (SSSR count). The maximum atomic E-state index is 5.46. The van der Waals surface area contributed by atoms with Crippen LogP contribution in [0, 0.1) is 0 Å². The van der Waals surface area contributed by atoms with Crippen LogP contribution in [-0.4, -0.2) is 51.7 Å². The molecule has 16 heavy (non-hydrogen) atoms. The molecule has 96 valence electrons. The Morgan fingerprint density at radius 3 is 2.62 bits per heavy atom. The van der Waals surface area contributed by atoms with Crippen molar-refractivity contribution in [2.24, 2.45) is 0 Å². The number of rotatable bonds is 8. The molecule has 0 radical (unpaired) electrons. The van der Waals surface area contributed by atoms with Crippen LogP contribution in [0.25, 0.3) is 0 Å². The van der Waals surface area contributed by atoms with Gasteiger partial charge in [0.1, 0.15) is 0 Å². The Hall–Kier alpha value is -0.160. The van der Waals surface area contributed by atoms with E-state index in [9.17, 15) is 0 Å². The molecule has 0 amide bonds. The SMILES string of the molecule is CC(C)OCCOCCNC1CCOCC1. The van der Waals surface area contributed by atoms with Crippen LogP contribution in [0.5, 0.6) is 0 Å². The van der Waals surface area contributed by atoms with Gasteiger partial charge in [0.15, 0.2) is 0 Å². The molecule has 0 atom stereocenters. The Kier molecular flexibility index (Phi) is 7.76. The zero-order chi connectivity index (χ0) is 11.6. The lowest BCUT2D eigenvalue weighted by molar-refractivity contribution is 0.0187. The molecular formula is C12H25NO3. The highest BCUT2D eigenvalue weighted by molar-refractivity contribution is 4.69. The second-order valence-electron chi connectivity index (χ2n) is 4.37. The predicted molar refractivity (Wildman–Crippen MR) is 63.8 cm³/mol. The molecule has 1 N–H and O–H groups in total. The molecule has 0 aromatic carbocycles. The first-order chi connectivity index (χ1) is 7.79. The van der Waals surface area contributed by atoms with Crippen LogP contribution in [0.1, 0.15) is 26.7 Å². The van der Waals surface area contributed by atoms with Crippen molar-refractivity contribution in [1.82, 2.24) is 5.32 Å². The van der Waals surface area contributed by atoms with Gasteiger partial charge in [0.2, 0.25) is 0 Å². The van der Waals surface area contributed by atoms with Gasteiger partial charge in [-0.05, 0) is 26.7 Å². The van der Waals surface area contributed by atoms with E-state index in [0.717, 1.165) is 39.2 Å². The first-order valence-electron chi connectivity index (χ1n) is 6.29. The molecule has 1 saturated heterocycles. The standard InChI is InChI=1S/C12H25NO3/c1-11(2)16-10-9-15-8-5-13-12-3-6-14-7-4-12/h11-13H,3-10H2,1-2H3. The van der Waals surface area contributed by atoms with E-state index in [1.165, 1.54) is 0 Å². The topological polar surface area (TPSA) is 39.7 Å². The number of nitrogens with one attached hydrogen (secondary N) is 1. The van der Waals surface area contributed by atoms with E-state index in [-0.39, 0.29) is 0 Å². The van der Waals surface area contributed by atoms with E-state index in [0.29, 0.717) is 25.4 Å². The van der Waals surface area contributed by atoms with E-state index in [1.807, 2.05) is 13.8 Å². The largest absolute Gasteiger partial charge is 0.381 e. The third-order valence-electron chi connectivity index (χ3n) is 2.58. The zero-order valence-corrected chi connectivity index (χ0v) is 10.5. The summed E-state index contributed by atoms with van der Waals surface area (Å²) in [6.07, 6.45) is 2.54. The number of hydrogen-bond acceptors (Lipinski definition) is 4. The molecule has 0 aliphatic carbocycles. The fraction of sp³-hybridized carbons (Fsp3) is 1.00. The molecule has 1 heterocycles. The third-order valence-corrected chi connectivity index (χ3v) is 2.58. The van der Waals surface area contributed by atoms with Crippen molar-refractivity contribution < 1.29 is 14.2 Å². The van der Waals surface area contributed by atoms with Crippen molar-refractivity contribution in [3.8, 4) is 0 Å². The smallest absolute Gasteiger partial charge is 0.0703 e. The monoisotopic (exact) mass is 231 g/mol. The number of ether oxygens (including phenoxy) is 3. The van der Waals surface area contributed by atoms with Crippen molar-refractivity contribution >= 4 is 0 Å². The Morgan fingerprint density at radius 2 is 1.94 bits per heavy atom. The van der Waals surface area contributed by atoms with Gasteiger partial charge >= 0.3 is 0 Å². The molecule has 1 aliphatic rings. The minimum atomic E-state index is 0.295. The molecule has 0 unspecified atom stereocenters. The zero-order valence-electron chi connectivity index (χ0n) is 10.5. The van der Waals surface area contributed by atoms with Crippen molar-refractivity contribution in [1.29, 1.82) is 0 Å². The molecule has 1 fully saturated rings. The second-order valence-corrected chi connectivity index (χ2v) is 4.37. The summed E-state index contributed by atoms with van der Waals surface area (Å²) in [6, 6.07) is 0.615. The third kappa shape index (κ3) is 7.17. The summed E-state index contributed by atoms with van der Waals surface area (Å²) in [5.74, 6) is 0. The lowest BCUT2D eigenvalue weighted by Gasteiger charge is -2.23. The highest BCUT2D eigenvalue weighted by atomic mass is 16.5. The molecule has 4 heteroatoms. The predicted octanol–water partition coefficient (Wildman–Crippen LogP) is 1.20. The molecule has 4 nitrogen and oxygen atoms in total. The van der Waals surface area contributed by atoms with E-state index >= 15 is 0 Å². The van der Waals surface area contributed by atoms with Crippen molar-refractivity contribution in [2.75, 3.05) is 39.6 Å². The summed E-state index contributed by atoms with van der Waals surface area (Å²) < 4.78 is 16.1. The van der Waals surface area contributed by atoms with Crippen LogP contribution in [0.15, 0.2) is 0 Å². The average Bonchev–Trinajstić information content (AvgIpc) is 2.29. The van der Waals surface area contributed by atoms with Crippen LogP contribution in [-0.2, 0) is 14.2 Å². The minimum Gasteiger partial charge on any atom is -0.381 e. The van der Waals surface area contributed by atoms with Crippen LogP contribution in [0.2, 0.25) is 0 Å². The Bertz CT molecular complexity index is 158. The second kappa shape index (κ2) is 8.93. The van der Waals surface area contributed by atoms with Crippen LogP contribution in [0.4, 0.5) is 0 Å². The van der Waals surface area contributed by atoms with Gasteiger partial charge in [0.05, 0.1) is 25.9 Å². The Balaban J connectivity index is 1.80. The molecule has 0 saturated carbocycles. The summed E-state index contributed by atoms with van der Waals surface area (Å²) in [6.45, 7) is 8.91. The summed E-state index contributed by atoms with van der Waals surface area (Å²) in [4.78, 5) is 0. The van der Waals surface area contributed by atoms with Gasteiger partial charge in [0, 0.05) is 25.8 Å². The fourth-order valence-corrected chi connectivity index (χ4v) is 1.68. The maximum absolute atomic E-state index is 5.46. The number of hydrogen-bond donors (Lipinski definition) is 1. The van der Waals surface area contributed by atoms with E-state index in [1.54, 1.807) is 0 Å². The summed E-state index contributed by atoms with van der Waals surface area (Å²) in [5.41, 5.74) is 0. The van der Waals surface area contributed by atoms with Gasteiger partial charge < -0.3 is 19.5 Å². The van der Waals surface area contributed by atoms with Gasteiger partial charge in [-0.3, -0.25) is 0 Å². The molecule has 0 spiro atoms. The lowest BCUT2D eigenvalue weighted by atomic mass is 10.1. The van der Waals surface area contributed by atoms with E-state index in [4.69, 9.17) is 14.2 Å². The maximum Gasteiger partial charge on any atom is 0.0703 e. The van der Waals surface area contributed by atoms with Crippen molar-refractivity contribution in [2.45, 2.75) is 38.8 Å². The molecule has 0 bridgehead atoms. The summed E-state index contributed by atoms with van der Waals surface area (Å²) in [7, 11) is 0. The van der Waals surface area contributed by atoms with Crippen molar-refractivity contribution in [3.63, 3.8) is 0 Å². The summed E-state index contributed by atoms with van der Waals surface area (Å²) in [5, 5.41) is 3.48. The Labute approximate surface area is 98.6 Å². The van der Waals surface area contributed by atoms with Crippen LogP contribution in [0.3, 0.4) is 0 Å². The van der Waals surface area contributed by atoms with Crippen LogP contribution >= 0.6 is 0 Å². The lowest BCUT2D eigenvalue weighted by Crippen LogP contribution is -2.36. The molecule has 0 aromatic heterocycles.